The Morgan fingerprint density at radius 1 is 1.11 bits per heavy atom. The van der Waals surface area contributed by atoms with Crippen molar-refractivity contribution < 1.29 is 9.59 Å². The van der Waals surface area contributed by atoms with Crippen LogP contribution in [0.25, 0.3) is 11.0 Å². The first-order chi connectivity index (χ1) is 18.0. The number of amides is 2. The summed E-state index contributed by atoms with van der Waals surface area (Å²) >= 11 is 1.36. The van der Waals surface area contributed by atoms with Gasteiger partial charge in [-0.1, -0.05) is 18.2 Å². The van der Waals surface area contributed by atoms with E-state index < -0.39 is 0 Å². The summed E-state index contributed by atoms with van der Waals surface area (Å²) < 4.78 is 1.97. The monoisotopic (exact) mass is 506 g/mol. The molecule has 0 saturated heterocycles. The van der Waals surface area contributed by atoms with E-state index in [2.05, 4.69) is 16.4 Å². The first-order valence-electron chi connectivity index (χ1n) is 11.6. The lowest BCUT2D eigenvalue weighted by Gasteiger charge is -2.17. The van der Waals surface area contributed by atoms with Gasteiger partial charge in [0.1, 0.15) is 0 Å². The number of carbonyl (C=O) groups is 2. The number of nitrogens with zero attached hydrogens (tertiary/aromatic N) is 5. The second-order valence-corrected chi connectivity index (χ2v) is 9.31. The van der Waals surface area contributed by atoms with Crippen molar-refractivity contribution in [3.8, 4) is 6.07 Å². The maximum atomic E-state index is 13.1. The Hall–Kier alpha value is -4.81. The highest BCUT2D eigenvalue weighted by Crippen LogP contribution is 2.27. The van der Waals surface area contributed by atoms with Gasteiger partial charge in [-0.05, 0) is 65.9 Å². The van der Waals surface area contributed by atoms with E-state index in [1.165, 1.54) is 16.2 Å². The average molecular weight is 507 g/mol. The van der Waals surface area contributed by atoms with Crippen LogP contribution in [0.5, 0.6) is 0 Å². The molecule has 0 saturated carbocycles. The molecule has 1 N–H and O–H groups in total. The standard InChI is InChI=1S/C28H22N6O2S/c1-33(27(36)21-7-2-5-20(15-21)17-29)22-9-10-24-23(16-22)31-28(32-26(35)25-8-4-14-37-25)34(24)13-11-19-6-3-12-30-18-19/h2-10,12,14-16,18H,11,13H2,1H3,(H,31,32,35). The number of nitriles is 1. The smallest absolute Gasteiger partial charge is 0.268 e. The molecule has 37 heavy (non-hydrogen) atoms. The van der Waals surface area contributed by atoms with Crippen LogP contribution in [0.15, 0.2) is 84.5 Å². The zero-order valence-corrected chi connectivity index (χ0v) is 20.8. The highest BCUT2D eigenvalue weighted by Gasteiger charge is 2.19. The summed E-state index contributed by atoms with van der Waals surface area (Å²) in [5, 5.41) is 14.0. The van der Waals surface area contributed by atoms with Crippen LogP contribution in [0.4, 0.5) is 11.6 Å². The number of rotatable bonds is 7. The summed E-state index contributed by atoms with van der Waals surface area (Å²) in [5.41, 5.74) is 4.05. The zero-order chi connectivity index (χ0) is 25.8. The Kier molecular flexibility index (Phi) is 6.74. The molecule has 0 fully saturated rings. The quantitative estimate of drug-likeness (QED) is 0.329. The normalized spacial score (nSPS) is 10.7. The summed E-state index contributed by atoms with van der Waals surface area (Å²) in [6.45, 7) is 0.581. The predicted octanol–water partition coefficient (Wildman–Crippen LogP) is 5.14. The number of nitrogens with one attached hydrogen (secondary N) is 1. The maximum Gasteiger partial charge on any atom is 0.268 e. The fraction of sp³-hybridized carbons (Fsp3) is 0.107. The molecular weight excluding hydrogens is 484 g/mol. The van der Waals surface area contributed by atoms with Crippen LogP contribution in [0.1, 0.15) is 31.2 Å². The van der Waals surface area contributed by atoms with Crippen LogP contribution in [0.2, 0.25) is 0 Å². The van der Waals surface area contributed by atoms with Crippen LogP contribution in [0, 0.1) is 11.3 Å². The van der Waals surface area contributed by atoms with Gasteiger partial charge < -0.3 is 9.47 Å². The molecule has 5 aromatic rings. The molecule has 8 nitrogen and oxygen atoms in total. The van der Waals surface area contributed by atoms with Gasteiger partial charge in [0, 0.05) is 37.2 Å². The van der Waals surface area contributed by atoms with E-state index >= 15 is 0 Å². The van der Waals surface area contributed by atoms with Crippen LogP contribution in [-0.2, 0) is 13.0 Å². The van der Waals surface area contributed by atoms with Crippen molar-refractivity contribution in [2.75, 3.05) is 17.3 Å². The minimum absolute atomic E-state index is 0.224. The van der Waals surface area contributed by atoms with E-state index in [1.807, 2.05) is 52.5 Å². The summed E-state index contributed by atoms with van der Waals surface area (Å²) in [6.07, 6.45) is 4.26. The summed E-state index contributed by atoms with van der Waals surface area (Å²) in [4.78, 5) is 36.9. The van der Waals surface area contributed by atoms with Crippen molar-refractivity contribution in [2.45, 2.75) is 13.0 Å². The number of pyridine rings is 1. The topological polar surface area (TPSA) is 104 Å². The number of hydrogen-bond acceptors (Lipinski definition) is 6. The molecule has 0 unspecified atom stereocenters. The van der Waals surface area contributed by atoms with Crippen molar-refractivity contribution >= 4 is 45.8 Å². The molecule has 0 aliphatic carbocycles. The maximum absolute atomic E-state index is 13.1. The molecule has 2 aromatic carbocycles. The number of imidazole rings is 1. The lowest BCUT2D eigenvalue weighted by molar-refractivity contribution is 0.0991. The number of aromatic nitrogens is 3. The van der Waals surface area contributed by atoms with Crippen molar-refractivity contribution in [1.29, 1.82) is 5.26 Å². The largest absolute Gasteiger partial charge is 0.311 e. The molecule has 5 rings (SSSR count). The average Bonchev–Trinajstić information content (AvgIpc) is 3.59. The molecule has 0 spiro atoms. The first kappa shape index (κ1) is 23.9. The molecule has 0 aliphatic heterocycles. The number of thiophene rings is 1. The van der Waals surface area contributed by atoms with Crippen LogP contribution in [0.3, 0.4) is 0 Å². The minimum Gasteiger partial charge on any atom is -0.311 e. The second kappa shape index (κ2) is 10.4. The molecule has 2 amide bonds. The van der Waals surface area contributed by atoms with E-state index in [9.17, 15) is 9.59 Å². The van der Waals surface area contributed by atoms with E-state index in [-0.39, 0.29) is 11.8 Å². The predicted molar refractivity (Wildman–Crippen MR) is 144 cm³/mol. The fourth-order valence-electron chi connectivity index (χ4n) is 4.04. The van der Waals surface area contributed by atoms with Crippen LogP contribution >= 0.6 is 11.3 Å². The number of hydrogen-bond donors (Lipinski definition) is 1. The third-order valence-electron chi connectivity index (χ3n) is 5.98. The molecule has 0 radical (unpaired) electrons. The minimum atomic E-state index is -0.237. The lowest BCUT2D eigenvalue weighted by Crippen LogP contribution is -2.26. The van der Waals surface area contributed by atoms with Gasteiger partial charge in [0.15, 0.2) is 0 Å². The zero-order valence-electron chi connectivity index (χ0n) is 20.0. The highest BCUT2D eigenvalue weighted by molar-refractivity contribution is 7.12. The summed E-state index contributed by atoms with van der Waals surface area (Å²) in [6, 6.07) is 21.7. The van der Waals surface area contributed by atoms with Gasteiger partial charge in [-0.25, -0.2) is 4.98 Å². The number of fused-ring (bicyclic) bond motifs is 1. The van der Waals surface area contributed by atoms with E-state index in [0.29, 0.717) is 46.1 Å². The molecule has 182 valence electrons. The van der Waals surface area contributed by atoms with E-state index in [4.69, 9.17) is 10.2 Å². The Balaban J connectivity index is 1.48. The number of carbonyl (C=O) groups excluding carboxylic acids is 2. The van der Waals surface area contributed by atoms with Crippen molar-refractivity contribution in [3.05, 3.63) is 106 Å². The number of benzene rings is 2. The highest BCUT2D eigenvalue weighted by atomic mass is 32.1. The summed E-state index contributed by atoms with van der Waals surface area (Å²) in [5.74, 6) is -0.0262. The van der Waals surface area contributed by atoms with Gasteiger partial charge in [-0.15, -0.1) is 11.3 Å². The molecular formula is C28H22N6O2S. The van der Waals surface area contributed by atoms with Gasteiger partial charge in [0.05, 0.1) is 27.5 Å². The van der Waals surface area contributed by atoms with E-state index in [0.717, 1.165) is 11.1 Å². The number of aryl methyl sites for hydroxylation is 2. The molecule has 3 heterocycles. The lowest BCUT2D eigenvalue weighted by atomic mass is 10.1. The van der Waals surface area contributed by atoms with E-state index in [1.54, 1.807) is 43.6 Å². The van der Waals surface area contributed by atoms with Gasteiger partial charge in [-0.2, -0.15) is 5.26 Å². The third kappa shape index (κ3) is 5.10. The molecule has 0 atom stereocenters. The summed E-state index contributed by atoms with van der Waals surface area (Å²) in [7, 11) is 1.68. The first-order valence-corrected chi connectivity index (χ1v) is 12.4. The van der Waals surface area contributed by atoms with Gasteiger partial charge >= 0.3 is 0 Å². The molecule has 0 bridgehead atoms. The molecule has 0 aliphatic rings. The Labute approximate surface area is 217 Å². The Bertz CT molecular complexity index is 1620. The Morgan fingerprint density at radius 3 is 2.76 bits per heavy atom. The van der Waals surface area contributed by atoms with Gasteiger partial charge in [0.2, 0.25) is 5.95 Å². The number of anilines is 2. The van der Waals surface area contributed by atoms with Crippen molar-refractivity contribution in [2.24, 2.45) is 0 Å². The molecule has 9 heteroatoms. The second-order valence-electron chi connectivity index (χ2n) is 8.36. The SMILES string of the molecule is CN(C(=O)c1cccc(C#N)c1)c1ccc2c(c1)nc(NC(=O)c1cccs1)n2CCc1cccnc1. The van der Waals surface area contributed by atoms with Crippen molar-refractivity contribution in [3.63, 3.8) is 0 Å². The Morgan fingerprint density at radius 2 is 2.00 bits per heavy atom. The third-order valence-corrected chi connectivity index (χ3v) is 6.85. The van der Waals surface area contributed by atoms with Crippen LogP contribution < -0.4 is 10.2 Å². The fourth-order valence-corrected chi connectivity index (χ4v) is 4.66. The van der Waals surface area contributed by atoms with Gasteiger partial charge in [0.25, 0.3) is 11.8 Å². The van der Waals surface area contributed by atoms with Crippen molar-refractivity contribution in [1.82, 2.24) is 14.5 Å². The van der Waals surface area contributed by atoms with Gasteiger partial charge in [-0.3, -0.25) is 19.9 Å². The van der Waals surface area contributed by atoms with Crippen LogP contribution in [-0.4, -0.2) is 33.4 Å². The molecule has 3 aromatic heterocycles.